The molecule has 1 atom stereocenters. The first-order valence-electron chi connectivity index (χ1n) is 8.38. The van der Waals surface area contributed by atoms with Crippen LogP contribution in [0.4, 0.5) is 11.5 Å². The van der Waals surface area contributed by atoms with Crippen molar-refractivity contribution < 1.29 is 23.8 Å². The van der Waals surface area contributed by atoms with Crippen LogP contribution >= 0.6 is 11.8 Å². The van der Waals surface area contributed by atoms with Crippen LogP contribution in [-0.4, -0.2) is 47.9 Å². The molecule has 1 heterocycles. The molecule has 0 unspecified atom stereocenters. The number of methoxy groups -OCH3 is 2. The Bertz CT molecular complexity index is 862. The molecule has 0 spiro atoms. The van der Waals surface area contributed by atoms with Gasteiger partial charge in [0.2, 0.25) is 5.91 Å². The summed E-state index contributed by atoms with van der Waals surface area (Å²) in [7, 11) is 3.05. The zero-order chi connectivity index (χ0) is 20.7. The van der Waals surface area contributed by atoms with Gasteiger partial charge in [0.05, 0.1) is 26.1 Å². The number of anilines is 2. The minimum Gasteiger partial charge on any atom is -0.493 e. The van der Waals surface area contributed by atoms with Crippen LogP contribution in [0.25, 0.3) is 0 Å². The zero-order valence-electron chi connectivity index (χ0n) is 16.0. The van der Waals surface area contributed by atoms with Gasteiger partial charge in [0.1, 0.15) is 11.4 Å². The molecular weight excluding hydrogens is 384 g/mol. The van der Waals surface area contributed by atoms with Gasteiger partial charge in [-0.25, -0.2) is 14.8 Å². The van der Waals surface area contributed by atoms with E-state index in [0.29, 0.717) is 17.2 Å². The molecule has 2 rings (SSSR count). The molecule has 3 N–H and O–H groups in total. The van der Waals surface area contributed by atoms with Crippen molar-refractivity contribution >= 4 is 35.1 Å². The van der Waals surface area contributed by atoms with Crippen LogP contribution in [0.15, 0.2) is 29.6 Å². The Morgan fingerprint density at radius 1 is 1.25 bits per heavy atom. The fourth-order valence-corrected chi connectivity index (χ4v) is 2.92. The van der Waals surface area contributed by atoms with Crippen molar-refractivity contribution in [3.05, 3.63) is 30.0 Å². The van der Waals surface area contributed by atoms with Gasteiger partial charge in [0.15, 0.2) is 16.7 Å². The Balaban J connectivity index is 2.04. The number of ether oxygens (including phenoxy) is 3. The van der Waals surface area contributed by atoms with E-state index in [1.54, 1.807) is 32.0 Å². The van der Waals surface area contributed by atoms with E-state index in [2.05, 4.69) is 15.3 Å². The van der Waals surface area contributed by atoms with Crippen LogP contribution in [0.2, 0.25) is 0 Å². The number of hydrogen-bond donors (Lipinski definition) is 2. The first kappa shape index (κ1) is 21.3. The fraction of sp³-hybridized carbons (Fsp3) is 0.333. The third kappa shape index (κ3) is 5.26. The molecule has 0 saturated heterocycles. The summed E-state index contributed by atoms with van der Waals surface area (Å²) in [6, 6.07) is 5.07. The summed E-state index contributed by atoms with van der Waals surface area (Å²) in [6.07, 6.45) is 1.29. The maximum absolute atomic E-state index is 12.5. The summed E-state index contributed by atoms with van der Waals surface area (Å²) < 4.78 is 15.3. The number of benzene rings is 1. The van der Waals surface area contributed by atoms with Gasteiger partial charge in [0, 0.05) is 18.0 Å². The molecular formula is C18H22N4O5S. The zero-order valence-corrected chi connectivity index (χ0v) is 16.8. The molecule has 0 bridgehead atoms. The van der Waals surface area contributed by atoms with Gasteiger partial charge in [-0.2, -0.15) is 0 Å². The average molecular weight is 406 g/mol. The third-order valence-corrected chi connectivity index (χ3v) is 4.57. The summed E-state index contributed by atoms with van der Waals surface area (Å²) in [5.74, 6) is 0.229. The molecule has 0 fully saturated rings. The number of nitrogen functional groups attached to an aromatic ring is 1. The predicted octanol–water partition coefficient (Wildman–Crippen LogP) is 2.37. The largest absolute Gasteiger partial charge is 0.493 e. The van der Waals surface area contributed by atoms with E-state index in [-0.39, 0.29) is 29.1 Å². The van der Waals surface area contributed by atoms with E-state index in [4.69, 9.17) is 19.9 Å². The van der Waals surface area contributed by atoms with Crippen molar-refractivity contribution in [1.82, 2.24) is 9.97 Å². The maximum atomic E-state index is 12.5. The number of hydrogen-bond acceptors (Lipinski definition) is 9. The van der Waals surface area contributed by atoms with Crippen LogP contribution in [0.3, 0.4) is 0 Å². The number of aromatic nitrogens is 2. The molecule has 28 heavy (non-hydrogen) atoms. The highest BCUT2D eigenvalue weighted by Gasteiger charge is 2.19. The van der Waals surface area contributed by atoms with Crippen molar-refractivity contribution in [1.29, 1.82) is 0 Å². The van der Waals surface area contributed by atoms with E-state index >= 15 is 0 Å². The van der Waals surface area contributed by atoms with E-state index in [9.17, 15) is 9.59 Å². The molecule has 0 saturated carbocycles. The molecule has 9 nitrogen and oxygen atoms in total. The summed E-state index contributed by atoms with van der Waals surface area (Å²) in [5, 5.41) is 2.56. The molecule has 1 amide bonds. The lowest BCUT2D eigenvalue weighted by Crippen LogP contribution is -2.23. The molecule has 0 aliphatic heterocycles. The molecule has 0 aliphatic carbocycles. The highest BCUT2D eigenvalue weighted by atomic mass is 32.2. The van der Waals surface area contributed by atoms with Crippen LogP contribution in [-0.2, 0) is 9.53 Å². The molecule has 150 valence electrons. The third-order valence-electron chi connectivity index (χ3n) is 3.59. The van der Waals surface area contributed by atoms with Gasteiger partial charge < -0.3 is 25.3 Å². The summed E-state index contributed by atoms with van der Waals surface area (Å²) in [5.41, 5.74) is 6.45. The number of carbonyl (C=O) groups is 2. The number of esters is 1. The lowest BCUT2D eigenvalue weighted by atomic mass is 10.2. The second kappa shape index (κ2) is 9.79. The highest BCUT2D eigenvalue weighted by Crippen LogP contribution is 2.30. The minimum absolute atomic E-state index is 0.00319. The van der Waals surface area contributed by atoms with E-state index < -0.39 is 11.2 Å². The Labute approximate surface area is 167 Å². The maximum Gasteiger partial charge on any atom is 0.343 e. The Morgan fingerprint density at radius 3 is 2.57 bits per heavy atom. The minimum atomic E-state index is -0.587. The first-order valence-corrected chi connectivity index (χ1v) is 9.26. The summed E-state index contributed by atoms with van der Waals surface area (Å²) >= 11 is 1.11. The number of amides is 1. The van der Waals surface area contributed by atoms with Crippen LogP contribution in [0.5, 0.6) is 11.5 Å². The Hall–Kier alpha value is -3.01. The number of nitrogens with two attached hydrogens (primary N) is 1. The predicted molar refractivity (Wildman–Crippen MR) is 106 cm³/mol. The summed E-state index contributed by atoms with van der Waals surface area (Å²) in [6.45, 7) is 3.62. The molecule has 0 aliphatic rings. The summed E-state index contributed by atoms with van der Waals surface area (Å²) in [4.78, 5) is 32.3. The number of nitrogens with one attached hydrogen (secondary N) is 1. The highest BCUT2D eigenvalue weighted by molar-refractivity contribution is 8.00. The molecule has 10 heteroatoms. The second-order valence-electron chi connectivity index (χ2n) is 5.49. The molecule has 0 radical (unpaired) electrons. The normalized spacial score (nSPS) is 11.4. The van der Waals surface area contributed by atoms with Gasteiger partial charge in [-0.15, -0.1) is 0 Å². The Kier molecular flexibility index (Phi) is 7.44. The van der Waals surface area contributed by atoms with E-state index in [0.717, 1.165) is 11.8 Å². The molecule has 1 aromatic heterocycles. The number of carbonyl (C=O) groups excluding carboxylic acids is 2. The van der Waals surface area contributed by atoms with Crippen LogP contribution < -0.4 is 20.5 Å². The van der Waals surface area contributed by atoms with Crippen molar-refractivity contribution in [3.8, 4) is 11.5 Å². The van der Waals surface area contributed by atoms with Gasteiger partial charge in [-0.05, 0) is 26.0 Å². The number of nitrogens with zero attached hydrogens (tertiary/aromatic N) is 2. The van der Waals surface area contributed by atoms with Crippen molar-refractivity contribution in [2.45, 2.75) is 24.3 Å². The lowest BCUT2D eigenvalue weighted by molar-refractivity contribution is -0.115. The van der Waals surface area contributed by atoms with E-state index in [1.807, 2.05) is 0 Å². The van der Waals surface area contributed by atoms with Crippen molar-refractivity contribution in [2.24, 2.45) is 0 Å². The van der Waals surface area contributed by atoms with Gasteiger partial charge in [-0.1, -0.05) is 11.8 Å². The van der Waals surface area contributed by atoms with Crippen molar-refractivity contribution in [2.75, 3.05) is 31.9 Å². The quantitative estimate of drug-likeness (QED) is 0.386. The topological polar surface area (TPSA) is 126 Å². The van der Waals surface area contributed by atoms with Gasteiger partial charge in [0.25, 0.3) is 0 Å². The monoisotopic (exact) mass is 406 g/mol. The standard InChI is InChI=1S/C18H22N4O5S/c1-5-27-17(24)12-9-20-18(22-15(12)19)28-10(2)16(23)21-11-6-7-13(25-3)14(8-11)26-4/h6-10H,5H2,1-4H3,(H,21,23)(H2,19,20,22)/t10-/m0/s1. The second-order valence-corrected chi connectivity index (χ2v) is 6.80. The van der Waals surface area contributed by atoms with Gasteiger partial charge in [-0.3, -0.25) is 4.79 Å². The SMILES string of the molecule is CCOC(=O)c1cnc(S[C@@H](C)C(=O)Nc2ccc(OC)c(OC)c2)nc1N. The van der Waals surface area contributed by atoms with Crippen LogP contribution in [0.1, 0.15) is 24.2 Å². The molecule has 1 aromatic carbocycles. The van der Waals surface area contributed by atoms with Crippen molar-refractivity contribution in [3.63, 3.8) is 0 Å². The fourth-order valence-electron chi connectivity index (χ4n) is 2.17. The first-order chi connectivity index (χ1) is 13.4. The number of rotatable bonds is 8. The lowest BCUT2D eigenvalue weighted by Gasteiger charge is -2.13. The average Bonchev–Trinajstić information content (AvgIpc) is 2.67. The van der Waals surface area contributed by atoms with Crippen LogP contribution in [0, 0.1) is 0 Å². The Morgan fingerprint density at radius 2 is 1.96 bits per heavy atom. The van der Waals surface area contributed by atoms with E-state index in [1.165, 1.54) is 20.4 Å². The molecule has 2 aromatic rings. The smallest absolute Gasteiger partial charge is 0.343 e. The number of thioether (sulfide) groups is 1. The van der Waals surface area contributed by atoms with Gasteiger partial charge >= 0.3 is 5.97 Å².